The fraction of sp³-hybridized carbons (Fsp3) is 0.909. The predicted octanol–water partition coefficient (Wildman–Crippen LogP) is 1.05. The molecule has 0 saturated carbocycles. The van der Waals surface area contributed by atoms with E-state index in [0.717, 1.165) is 25.9 Å². The Balaban J connectivity index is 2.37. The van der Waals surface area contributed by atoms with Crippen molar-refractivity contribution in [1.82, 2.24) is 4.90 Å². The van der Waals surface area contributed by atoms with Gasteiger partial charge < -0.3 is 9.47 Å². The Morgan fingerprint density at radius 2 is 2.27 bits per heavy atom. The van der Waals surface area contributed by atoms with E-state index in [4.69, 9.17) is 4.74 Å². The average Bonchev–Trinajstić information content (AvgIpc) is 2.28. The van der Waals surface area contributed by atoms with Crippen LogP contribution in [0.15, 0.2) is 0 Å². The molecule has 2 atom stereocenters. The molecule has 0 aromatic rings. The summed E-state index contributed by atoms with van der Waals surface area (Å²) in [7, 11) is 3.18. The molecule has 1 saturated heterocycles. The molecule has 88 valence electrons. The van der Waals surface area contributed by atoms with Gasteiger partial charge in [-0.05, 0) is 26.3 Å². The van der Waals surface area contributed by atoms with E-state index in [9.17, 15) is 4.79 Å². The van der Waals surface area contributed by atoms with Gasteiger partial charge in [-0.25, -0.2) is 0 Å². The number of ether oxygens (including phenoxy) is 2. The van der Waals surface area contributed by atoms with Crippen LogP contribution in [0.25, 0.3) is 0 Å². The van der Waals surface area contributed by atoms with Crippen LogP contribution in [0.1, 0.15) is 26.2 Å². The zero-order valence-electron chi connectivity index (χ0n) is 9.86. The maximum atomic E-state index is 11.1. The molecule has 0 amide bonds. The molecule has 1 heterocycles. The first-order chi connectivity index (χ1) is 7.17. The Morgan fingerprint density at radius 3 is 2.87 bits per heavy atom. The molecular formula is C11H21NO3. The number of rotatable bonds is 4. The minimum atomic E-state index is -0.137. The predicted molar refractivity (Wildman–Crippen MR) is 57.7 cm³/mol. The smallest absolute Gasteiger partial charge is 0.307 e. The molecule has 1 rings (SSSR count). The van der Waals surface area contributed by atoms with Crippen LogP contribution in [-0.4, -0.2) is 50.3 Å². The molecule has 0 radical (unpaired) electrons. The summed E-state index contributed by atoms with van der Waals surface area (Å²) >= 11 is 0. The standard InChI is InChI=1S/C11H21NO3/c1-9(7-11(13)15-3)12-6-4-5-10(8-12)14-2/h9-10H,4-8H2,1-3H3. The van der Waals surface area contributed by atoms with Crippen molar-refractivity contribution in [2.75, 3.05) is 27.3 Å². The van der Waals surface area contributed by atoms with Crippen LogP contribution in [0.3, 0.4) is 0 Å². The van der Waals surface area contributed by atoms with E-state index in [1.54, 1.807) is 7.11 Å². The van der Waals surface area contributed by atoms with Crippen LogP contribution in [0.5, 0.6) is 0 Å². The van der Waals surface area contributed by atoms with E-state index < -0.39 is 0 Å². The van der Waals surface area contributed by atoms with E-state index in [1.807, 2.05) is 0 Å². The number of carbonyl (C=O) groups is 1. The zero-order valence-corrected chi connectivity index (χ0v) is 9.86. The Hall–Kier alpha value is -0.610. The molecule has 0 aliphatic carbocycles. The van der Waals surface area contributed by atoms with Crippen molar-refractivity contribution in [1.29, 1.82) is 0 Å². The highest BCUT2D eigenvalue weighted by atomic mass is 16.5. The number of hydrogen-bond acceptors (Lipinski definition) is 4. The average molecular weight is 215 g/mol. The van der Waals surface area contributed by atoms with Crippen LogP contribution in [0.4, 0.5) is 0 Å². The summed E-state index contributed by atoms with van der Waals surface area (Å²) in [5.74, 6) is -0.137. The summed E-state index contributed by atoms with van der Waals surface area (Å²) in [6.07, 6.45) is 3.05. The topological polar surface area (TPSA) is 38.8 Å². The lowest BCUT2D eigenvalue weighted by molar-refractivity contribution is -0.142. The van der Waals surface area contributed by atoms with Crippen molar-refractivity contribution in [3.8, 4) is 0 Å². The van der Waals surface area contributed by atoms with Crippen LogP contribution < -0.4 is 0 Å². The summed E-state index contributed by atoms with van der Waals surface area (Å²) < 4.78 is 10.0. The van der Waals surface area contributed by atoms with Crippen molar-refractivity contribution in [2.24, 2.45) is 0 Å². The van der Waals surface area contributed by atoms with Crippen LogP contribution in [-0.2, 0) is 14.3 Å². The molecular weight excluding hydrogens is 194 g/mol. The van der Waals surface area contributed by atoms with Gasteiger partial charge in [0.05, 0.1) is 19.6 Å². The molecule has 1 fully saturated rings. The quantitative estimate of drug-likeness (QED) is 0.657. The highest BCUT2D eigenvalue weighted by Gasteiger charge is 2.24. The fourth-order valence-electron chi connectivity index (χ4n) is 2.01. The van der Waals surface area contributed by atoms with Gasteiger partial charge in [0, 0.05) is 19.7 Å². The summed E-state index contributed by atoms with van der Waals surface area (Å²) in [5.41, 5.74) is 0. The van der Waals surface area contributed by atoms with E-state index in [2.05, 4.69) is 16.6 Å². The summed E-state index contributed by atoms with van der Waals surface area (Å²) in [4.78, 5) is 13.4. The number of carbonyl (C=O) groups excluding carboxylic acids is 1. The van der Waals surface area contributed by atoms with Crippen LogP contribution in [0, 0.1) is 0 Å². The maximum Gasteiger partial charge on any atom is 0.307 e. The molecule has 4 heteroatoms. The van der Waals surface area contributed by atoms with Crippen LogP contribution in [0.2, 0.25) is 0 Å². The van der Waals surface area contributed by atoms with Gasteiger partial charge >= 0.3 is 5.97 Å². The van der Waals surface area contributed by atoms with Crippen molar-refractivity contribution >= 4 is 5.97 Å². The number of piperidine rings is 1. The van der Waals surface area contributed by atoms with Gasteiger partial charge in [0.15, 0.2) is 0 Å². The monoisotopic (exact) mass is 215 g/mol. The lowest BCUT2D eigenvalue weighted by Crippen LogP contribution is -2.44. The Kier molecular flexibility index (Phi) is 5.05. The van der Waals surface area contributed by atoms with Crippen LogP contribution >= 0.6 is 0 Å². The second-order valence-electron chi connectivity index (χ2n) is 4.12. The first-order valence-electron chi connectivity index (χ1n) is 5.51. The maximum absolute atomic E-state index is 11.1. The second kappa shape index (κ2) is 6.08. The van der Waals surface area contributed by atoms with Gasteiger partial charge in [0.2, 0.25) is 0 Å². The first kappa shape index (κ1) is 12.5. The molecule has 1 aliphatic heterocycles. The third-order valence-electron chi connectivity index (χ3n) is 3.06. The fourth-order valence-corrected chi connectivity index (χ4v) is 2.01. The Morgan fingerprint density at radius 1 is 1.53 bits per heavy atom. The van der Waals surface area contributed by atoms with Crippen molar-refractivity contribution in [2.45, 2.75) is 38.3 Å². The van der Waals surface area contributed by atoms with Gasteiger partial charge in [-0.2, -0.15) is 0 Å². The molecule has 1 aliphatic rings. The number of hydrogen-bond donors (Lipinski definition) is 0. The summed E-state index contributed by atoms with van der Waals surface area (Å²) in [6, 6.07) is 0.246. The number of nitrogens with zero attached hydrogens (tertiary/aromatic N) is 1. The lowest BCUT2D eigenvalue weighted by Gasteiger charge is -2.35. The van der Waals surface area contributed by atoms with E-state index in [0.29, 0.717) is 12.5 Å². The molecule has 0 N–H and O–H groups in total. The van der Waals surface area contributed by atoms with Gasteiger partial charge in [-0.1, -0.05) is 0 Å². The minimum absolute atomic E-state index is 0.137. The van der Waals surface area contributed by atoms with Gasteiger partial charge in [-0.15, -0.1) is 0 Å². The number of methoxy groups -OCH3 is 2. The van der Waals surface area contributed by atoms with E-state index in [1.165, 1.54) is 7.11 Å². The third kappa shape index (κ3) is 3.80. The van der Waals surface area contributed by atoms with Crippen molar-refractivity contribution < 1.29 is 14.3 Å². The lowest BCUT2D eigenvalue weighted by atomic mass is 10.1. The second-order valence-corrected chi connectivity index (χ2v) is 4.12. The highest BCUT2D eigenvalue weighted by molar-refractivity contribution is 5.69. The Bertz CT molecular complexity index is 208. The SMILES string of the molecule is COC(=O)CC(C)N1CCCC(OC)C1. The molecule has 4 nitrogen and oxygen atoms in total. The first-order valence-corrected chi connectivity index (χ1v) is 5.51. The number of likely N-dealkylation sites (tertiary alicyclic amines) is 1. The molecule has 15 heavy (non-hydrogen) atoms. The molecule has 0 aromatic carbocycles. The molecule has 0 bridgehead atoms. The molecule has 0 spiro atoms. The zero-order chi connectivity index (χ0) is 11.3. The summed E-state index contributed by atoms with van der Waals surface area (Å²) in [5, 5.41) is 0. The van der Waals surface area contributed by atoms with Gasteiger partial charge in [0.1, 0.15) is 0 Å². The van der Waals surface area contributed by atoms with E-state index in [-0.39, 0.29) is 12.0 Å². The van der Waals surface area contributed by atoms with Gasteiger partial charge in [0.25, 0.3) is 0 Å². The third-order valence-corrected chi connectivity index (χ3v) is 3.06. The molecule has 2 unspecified atom stereocenters. The highest BCUT2D eigenvalue weighted by Crippen LogP contribution is 2.16. The van der Waals surface area contributed by atoms with Crippen molar-refractivity contribution in [3.63, 3.8) is 0 Å². The van der Waals surface area contributed by atoms with Gasteiger partial charge in [-0.3, -0.25) is 9.69 Å². The normalized spacial score (nSPS) is 24.9. The molecule has 0 aromatic heterocycles. The van der Waals surface area contributed by atoms with Crippen molar-refractivity contribution in [3.05, 3.63) is 0 Å². The largest absolute Gasteiger partial charge is 0.469 e. The Labute approximate surface area is 91.5 Å². The van der Waals surface area contributed by atoms with E-state index >= 15 is 0 Å². The number of esters is 1. The summed E-state index contributed by atoms with van der Waals surface area (Å²) in [6.45, 7) is 4.04. The minimum Gasteiger partial charge on any atom is -0.469 e.